The number of fused-ring (bicyclic) bond motifs is 10. The van der Waals surface area contributed by atoms with Crippen LogP contribution in [0.15, 0.2) is 84.9 Å². The first-order valence-corrected chi connectivity index (χ1v) is 42.4. The largest absolute Gasteiger partial charge is 0.274 e. The SMILES string of the molecule is CCCCCCCCCCCCN1C(=O)c2c(-c3ccc(/C=C/c4ccc(C)s4)s3)sc(-c3ccc(-c4cc5c(ccc6c7cc(C#C[Si](C(C)C)(C(C)C)C(C)C)c8c9cc(C)sc9ccc8c7cc(C#C[Si](C(C)C)(C(C)C)C(C)C)c56)s4)s3)c2C1=O. The molecular formula is C78H89NO2S6Si2. The number of unbranched alkanes of at least 4 members (excludes halogenated alkanes) is 9. The molecule has 4 aromatic carbocycles. The van der Waals surface area contributed by atoms with Gasteiger partial charge in [-0.25, -0.2) is 0 Å². The molecule has 11 rings (SSSR count). The maximum Gasteiger partial charge on any atom is 0.263 e. The van der Waals surface area contributed by atoms with E-state index in [9.17, 15) is 9.59 Å². The molecule has 6 aromatic heterocycles. The number of aryl methyl sites for hydroxylation is 2. The van der Waals surface area contributed by atoms with Crippen LogP contribution in [0.2, 0.25) is 33.2 Å². The highest BCUT2D eigenvalue weighted by Crippen LogP contribution is 2.53. The van der Waals surface area contributed by atoms with Crippen LogP contribution in [0.25, 0.3) is 93.9 Å². The zero-order valence-electron chi connectivity index (χ0n) is 55.2. The molecule has 11 heteroatoms. The predicted octanol–water partition coefficient (Wildman–Crippen LogP) is 26.3. The van der Waals surface area contributed by atoms with Crippen LogP contribution in [0.3, 0.4) is 0 Å². The van der Waals surface area contributed by atoms with Gasteiger partial charge in [-0.1, -0.05) is 172 Å². The number of carbonyl (C=O) groups excluding carboxylic acids is 2. The van der Waals surface area contributed by atoms with Crippen molar-refractivity contribution in [3.63, 3.8) is 0 Å². The minimum atomic E-state index is -2.16. The van der Waals surface area contributed by atoms with E-state index in [1.54, 1.807) is 50.2 Å². The summed E-state index contributed by atoms with van der Waals surface area (Å²) in [7, 11) is -4.25. The lowest BCUT2D eigenvalue weighted by Crippen LogP contribution is -2.43. The van der Waals surface area contributed by atoms with E-state index >= 15 is 0 Å². The van der Waals surface area contributed by atoms with Gasteiger partial charge >= 0.3 is 0 Å². The molecule has 0 unspecified atom stereocenters. The molecule has 0 fully saturated rings. The highest BCUT2D eigenvalue weighted by atomic mass is 32.1. The van der Waals surface area contributed by atoms with Crippen LogP contribution in [0, 0.1) is 36.8 Å². The van der Waals surface area contributed by atoms with Crippen molar-refractivity contribution in [2.24, 2.45) is 0 Å². The number of nitrogens with zero attached hydrogens (tertiary/aromatic N) is 1. The lowest BCUT2D eigenvalue weighted by atomic mass is 9.89. The Morgan fingerprint density at radius 2 is 0.865 bits per heavy atom. The number of carbonyl (C=O) groups is 2. The highest BCUT2D eigenvalue weighted by Gasteiger charge is 2.44. The van der Waals surface area contributed by atoms with Crippen LogP contribution in [-0.2, 0) is 0 Å². The second-order valence-electron chi connectivity index (χ2n) is 27.1. The molecule has 1 aliphatic rings. The van der Waals surface area contributed by atoms with Gasteiger partial charge in [-0.2, -0.15) is 0 Å². The predicted molar refractivity (Wildman–Crippen MR) is 405 cm³/mol. The van der Waals surface area contributed by atoms with Gasteiger partial charge in [0, 0.05) is 87.6 Å². The maximum atomic E-state index is 14.9. The molecule has 0 saturated carbocycles. The van der Waals surface area contributed by atoms with E-state index in [0.29, 0.717) is 50.9 Å². The number of benzene rings is 4. The summed E-state index contributed by atoms with van der Waals surface area (Å²) >= 11 is 10.5. The zero-order valence-corrected chi connectivity index (χ0v) is 62.1. The molecule has 2 amide bonds. The third kappa shape index (κ3) is 12.4. The van der Waals surface area contributed by atoms with Gasteiger partial charge in [-0.3, -0.25) is 14.5 Å². The Kier molecular flexibility index (Phi) is 19.9. The van der Waals surface area contributed by atoms with Crippen LogP contribution < -0.4 is 0 Å². The molecule has 0 N–H and O–H groups in total. The summed E-state index contributed by atoms with van der Waals surface area (Å²) in [6.07, 6.45) is 16.3. The first kappa shape index (κ1) is 65.3. The summed E-state index contributed by atoms with van der Waals surface area (Å²) in [6, 6.07) is 32.2. The van der Waals surface area contributed by atoms with Crippen molar-refractivity contribution in [2.45, 2.75) is 201 Å². The van der Waals surface area contributed by atoms with Gasteiger partial charge in [0.25, 0.3) is 11.8 Å². The van der Waals surface area contributed by atoms with Gasteiger partial charge in [-0.15, -0.1) is 79.1 Å². The van der Waals surface area contributed by atoms with E-state index < -0.39 is 16.1 Å². The Bertz CT molecular complexity index is 4420. The van der Waals surface area contributed by atoms with Crippen molar-refractivity contribution in [2.75, 3.05) is 6.54 Å². The quantitative estimate of drug-likeness (QED) is 0.0223. The van der Waals surface area contributed by atoms with E-state index in [2.05, 4.69) is 224 Å². The molecular weight excluding hydrogens is 1230 g/mol. The summed E-state index contributed by atoms with van der Waals surface area (Å²) in [4.78, 5) is 42.3. The minimum absolute atomic E-state index is 0.147. The van der Waals surface area contributed by atoms with Crippen LogP contribution in [0.4, 0.5) is 0 Å². The zero-order chi connectivity index (χ0) is 63.2. The fourth-order valence-electron chi connectivity index (χ4n) is 15.3. The molecule has 0 bridgehead atoms. The van der Waals surface area contributed by atoms with Gasteiger partial charge < -0.3 is 0 Å². The number of amides is 2. The van der Waals surface area contributed by atoms with E-state index in [1.165, 1.54) is 117 Å². The second kappa shape index (κ2) is 27.2. The van der Waals surface area contributed by atoms with Gasteiger partial charge in [-0.05, 0) is 160 Å². The minimum Gasteiger partial charge on any atom is -0.274 e. The maximum absolute atomic E-state index is 14.9. The summed E-state index contributed by atoms with van der Waals surface area (Å²) in [5, 5.41) is 9.91. The van der Waals surface area contributed by atoms with Crippen molar-refractivity contribution in [1.29, 1.82) is 0 Å². The van der Waals surface area contributed by atoms with Gasteiger partial charge in [0.2, 0.25) is 0 Å². The van der Waals surface area contributed by atoms with Crippen LogP contribution in [0.1, 0.15) is 206 Å². The van der Waals surface area contributed by atoms with E-state index in [4.69, 9.17) is 0 Å². The molecule has 0 atom stereocenters. The molecule has 0 radical (unpaired) electrons. The third-order valence-corrected chi connectivity index (χ3v) is 39.3. The standard InChI is InChI=1S/C78H89NO2S6Si2/c1-16-17-18-19-20-21-22-23-24-25-40-79-77(80)73-74(78(79)81)76(87-75(73)68-33-30-58(84-68)29-28-57-27-26-53(14)82-57)69-37-36-67(86-69)70-46-64-66(85-70)35-32-60-62-44-55(38-41-88(47(2)3,48(4)5)49(6)7)71-59(31-34-65-63(71)43-54(15)83-65)61(62)45-56(72(60)64)39-42-89(50(8)9,51(10)11)52(12)13/h26-37,43-52H,16-25,40H2,1-15H3/b29-28+. The Balaban J connectivity index is 1.04. The topological polar surface area (TPSA) is 37.4 Å². The molecule has 89 heavy (non-hydrogen) atoms. The summed E-state index contributed by atoms with van der Waals surface area (Å²) < 4.78 is 2.53. The van der Waals surface area contributed by atoms with E-state index in [1.807, 2.05) is 22.7 Å². The summed E-state index contributed by atoms with van der Waals surface area (Å²) in [6.45, 7) is 36.1. The fourth-order valence-corrected chi connectivity index (χ4v) is 32.1. The molecule has 10 aromatic rings. The Labute approximate surface area is 557 Å². The first-order chi connectivity index (χ1) is 42.7. The first-order valence-electron chi connectivity index (χ1n) is 33.0. The van der Waals surface area contributed by atoms with Crippen LogP contribution in [-0.4, -0.2) is 39.4 Å². The normalized spacial score (nSPS) is 13.3. The Morgan fingerprint density at radius 1 is 0.416 bits per heavy atom. The van der Waals surface area contributed by atoms with Crippen molar-refractivity contribution < 1.29 is 9.59 Å². The Morgan fingerprint density at radius 3 is 1.37 bits per heavy atom. The average Bonchev–Trinajstić information content (AvgIpc) is 1.73. The smallest absolute Gasteiger partial charge is 0.263 e. The van der Waals surface area contributed by atoms with Gasteiger partial charge in [0.1, 0.15) is 16.1 Å². The molecule has 462 valence electrons. The number of hydrogen-bond acceptors (Lipinski definition) is 8. The summed E-state index contributed by atoms with van der Waals surface area (Å²) in [5.74, 6) is 7.80. The highest BCUT2D eigenvalue weighted by molar-refractivity contribution is 7.30. The van der Waals surface area contributed by atoms with E-state index in [0.717, 1.165) is 59.7 Å². The average molecular weight is 1320 g/mol. The number of imide groups is 1. The molecule has 7 heterocycles. The second-order valence-corrected chi connectivity index (χ2v) is 45.2. The number of rotatable bonds is 22. The van der Waals surface area contributed by atoms with Crippen molar-refractivity contribution in [1.82, 2.24) is 4.90 Å². The lowest BCUT2D eigenvalue weighted by molar-refractivity contribution is 0.0651. The monoisotopic (exact) mass is 1320 g/mol. The Hall–Kier alpha value is -5.19. The molecule has 0 saturated heterocycles. The molecule has 0 aliphatic carbocycles. The summed E-state index contributed by atoms with van der Waals surface area (Å²) in [5.41, 5.74) is 14.8. The van der Waals surface area contributed by atoms with Gasteiger partial charge in [0.15, 0.2) is 0 Å². The molecule has 0 spiro atoms. The van der Waals surface area contributed by atoms with Gasteiger partial charge in [0.05, 0.1) is 20.9 Å². The van der Waals surface area contributed by atoms with Crippen molar-refractivity contribution in [3.05, 3.63) is 127 Å². The third-order valence-electron chi connectivity index (χ3n) is 19.7. The number of hydrogen-bond donors (Lipinski definition) is 0. The fraction of sp³-hybridized carbons (Fsp3) is 0.410. The van der Waals surface area contributed by atoms with Crippen LogP contribution in [0.5, 0.6) is 0 Å². The van der Waals surface area contributed by atoms with Crippen molar-refractivity contribution in [3.8, 4) is 52.2 Å². The molecule has 1 aliphatic heterocycles. The van der Waals surface area contributed by atoms with Crippen LogP contribution >= 0.6 is 68.0 Å². The van der Waals surface area contributed by atoms with E-state index in [-0.39, 0.29) is 11.8 Å². The molecule has 3 nitrogen and oxygen atoms in total. The number of thiophene rings is 6. The van der Waals surface area contributed by atoms with Crippen molar-refractivity contribution >= 4 is 161 Å². The lowest BCUT2D eigenvalue weighted by Gasteiger charge is -2.38.